The average molecular weight is 264 g/mol. The molecule has 1 aromatic rings. The fourth-order valence-corrected chi connectivity index (χ4v) is 3.26. The Hall–Kier alpha value is -1.36. The summed E-state index contributed by atoms with van der Waals surface area (Å²) < 4.78 is 11.0. The fraction of sp³-hybridized carbons (Fsp3) is 0.714. The summed E-state index contributed by atoms with van der Waals surface area (Å²) in [4.78, 5) is 16.0. The highest BCUT2D eigenvalue weighted by molar-refractivity contribution is 5.93. The molecule has 5 heteroatoms. The maximum absolute atomic E-state index is 12.1. The number of carbonyl (C=O) groups is 1. The lowest BCUT2D eigenvalue weighted by molar-refractivity contribution is -0.0246. The van der Waals surface area contributed by atoms with Crippen LogP contribution in [-0.4, -0.2) is 29.1 Å². The van der Waals surface area contributed by atoms with Crippen molar-refractivity contribution in [1.82, 2.24) is 10.3 Å². The van der Waals surface area contributed by atoms with Crippen LogP contribution in [0.2, 0.25) is 0 Å². The molecule has 0 radical (unpaired) electrons. The molecule has 1 N–H and O–H groups in total. The molecule has 2 aliphatic rings. The summed E-state index contributed by atoms with van der Waals surface area (Å²) in [6.45, 7) is 2.36. The Morgan fingerprint density at radius 2 is 2.21 bits per heavy atom. The standard InChI is InChI=1S/C14H20N2O3/c1-10-12(15-9-18-10)13(17)16-11-7-14(19-8-11)5-3-2-4-6-14/h9,11H,2-8H2,1H3,(H,16,17)/t11-/m1/s1. The highest BCUT2D eigenvalue weighted by Crippen LogP contribution is 2.39. The van der Waals surface area contributed by atoms with Gasteiger partial charge in [0.05, 0.1) is 18.2 Å². The van der Waals surface area contributed by atoms with Gasteiger partial charge in [0.25, 0.3) is 5.91 Å². The molecule has 2 heterocycles. The molecule has 1 atom stereocenters. The first kappa shape index (κ1) is 12.7. The Balaban J connectivity index is 1.60. The molecular weight excluding hydrogens is 244 g/mol. The van der Waals surface area contributed by atoms with Gasteiger partial charge in [-0.25, -0.2) is 4.98 Å². The molecule has 19 heavy (non-hydrogen) atoms. The van der Waals surface area contributed by atoms with Crippen molar-refractivity contribution in [2.24, 2.45) is 0 Å². The number of oxazole rings is 1. The summed E-state index contributed by atoms with van der Waals surface area (Å²) in [5, 5.41) is 3.01. The molecule has 1 aliphatic carbocycles. The number of hydrogen-bond donors (Lipinski definition) is 1. The van der Waals surface area contributed by atoms with Crippen molar-refractivity contribution >= 4 is 5.91 Å². The van der Waals surface area contributed by atoms with Crippen molar-refractivity contribution in [3.8, 4) is 0 Å². The number of amides is 1. The third-order valence-corrected chi connectivity index (χ3v) is 4.27. The Bertz CT molecular complexity index is 463. The molecule has 2 fully saturated rings. The third-order valence-electron chi connectivity index (χ3n) is 4.27. The highest BCUT2D eigenvalue weighted by Gasteiger charge is 2.41. The van der Waals surface area contributed by atoms with Gasteiger partial charge in [0, 0.05) is 0 Å². The maximum atomic E-state index is 12.1. The van der Waals surface area contributed by atoms with Crippen LogP contribution in [0, 0.1) is 6.92 Å². The van der Waals surface area contributed by atoms with E-state index in [1.165, 1.54) is 25.7 Å². The van der Waals surface area contributed by atoms with Crippen LogP contribution in [0.25, 0.3) is 0 Å². The minimum atomic E-state index is -0.160. The number of nitrogens with one attached hydrogen (secondary N) is 1. The van der Waals surface area contributed by atoms with Crippen molar-refractivity contribution < 1.29 is 13.9 Å². The molecule has 0 unspecified atom stereocenters. The van der Waals surface area contributed by atoms with E-state index in [2.05, 4.69) is 10.3 Å². The van der Waals surface area contributed by atoms with Gasteiger partial charge >= 0.3 is 0 Å². The minimum Gasteiger partial charge on any atom is -0.448 e. The van der Waals surface area contributed by atoms with E-state index in [-0.39, 0.29) is 17.6 Å². The second kappa shape index (κ2) is 4.96. The van der Waals surface area contributed by atoms with Crippen LogP contribution in [0.1, 0.15) is 54.8 Å². The van der Waals surface area contributed by atoms with Crippen molar-refractivity contribution in [2.45, 2.75) is 57.1 Å². The van der Waals surface area contributed by atoms with Gasteiger partial charge in [-0.05, 0) is 26.2 Å². The quantitative estimate of drug-likeness (QED) is 0.889. The van der Waals surface area contributed by atoms with E-state index >= 15 is 0 Å². The van der Waals surface area contributed by atoms with Crippen molar-refractivity contribution in [3.63, 3.8) is 0 Å². The van der Waals surface area contributed by atoms with E-state index in [9.17, 15) is 4.79 Å². The molecule has 0 bridgehead atoms. The number of nitrogens with zero attached hydrogens (tertiary/aromatic N) is 1. The Labute approximate surface area is 112 Å². The van der Waals surface area contributed by atoms with Gasteiger partial charge in [-0.1, -0.05) is 19.3 Å². The molecule has 5 nitrogen and oxygen atoms in total. The zero-order valence-electron chi connectivity index (χ0n) is 11.3. The van der Waals surface area contributed by atoms with E-state index < -0.39 is 0 Å². The van der Waals surface area contributed by atoms with Gasteiger partial charge in [0.1, 0.15) is 5.76 Å². The number of hydrogen-bond acceptors (Lipinski definition) is 4. The third kappa shape index (κ3) is 2.52. The van der Waals surface area contributed by atoms with Gasteiger partial charge < -0.3 is 14.5 Å². The number of aromatic nitrogens is 1. The van der Waals surface area contributed by atoms with Gasteiger partial charge in [-0.15, -0.1) is 0 Å². The maximum Gasteiger partial charge on any atom is 0.273 e. The topological polar surface area (TPSA) is 64.4 Å². The molecule has 1 amide bonds. The first-order valence-corrected chi connectivity index (χ1v) is 7.03. The Kier molecular flexibility index (Phi) is 3.31. The molecule has 1 aromatic heterocycles. The summed E-state index contributed by atoms with van der Waals surface area (Å²) in [6, 6.07) is 0.0988. The van der Waals surface area contributed by atoms with Crippen LogP contribution in [-0.2, 0) is 4.74 Å². The largest absolute Gasteiger partial charge is 0.448 e. The van der Waals surface area contributed by atoms with Crippen molar-refractivity contribution in [1.29, 1.82) is 0 Å². The highest BCUT2D eigenvalue weighted by atomic mass is 16.5. The van der Waals surface area contributed by atoms with E-state index in [1.807, 2.05) is 0 Å². The zero-order chi connectivity index (χ0) is 13.3. The number of ether oxygens (including phenoxy) is 1. The van der Waals surface area contributed by atoms with Gasteiger partial charge in [0.2, 0.25) is 0 Å². The van der Waals surface area contributed by atoms with Crippen LogP contribution in [0.3, 0.4) is 0 Å². The summed E-state index contributed by atoms with van der Waals surface area (Å²) in [6.07, 6.45) is 8.27. The van der Waals surface area contributed by atoms with E-state index in [0.717, 1.165) is 19.3 Å². The zero-order valence-corrected chi connectivity index (χ0v) is 11.3. The number of rotatable bonds is 2. The fourth-order valence-electron chi connectivity index (χ4n) is 3.26. The summed E-state index contributed by atoms with van der Waals surface area (Å²) in [7, 11) is 0. The van der Waals surface area contributed by atoms with Crippen LogP contribution >= 0.6 is 0 Å². The van der Waals surface area contributed by atoms with E-state index in [4.69, 9.17) is 9.15 Å². The first-order chi connectivity index (χ1) is 9.19. The lowest BCUT2D eigenvalue weighted by Crippen LogP contribution is -2.37. The van der Waals surface area contributed by atoms with Crippen LogP contribution in [0.15, 0.2) is 10.8 Å². The van der Waals surface area contributed by atoms with E-state index in [1.54, 1.807) is 6.92 Å². The van der Waals surface area contributed by atoms with Crippen molar-refractivity contribution in [3.05, 3.63) is 17.8 Å². The molecule has 3 rings (SSSR count). The normalized spacial score (nSPS) is 25.6. The molecule has 1 saturated carbocycles. The second-order valence-corrected chi connectivity index (χ2v) is 5.69. The monoisotopic (exact) mass is 264 g/mol. The van der Waals surface area contributed by atoms with Gasteiger partial charge in [-0.2, -0.15) is 0 Å². The minimum absolute atomic E-state index is 0.0229. The summed E-state index contributed by atoms with van der Waals surface area (Å²) in [5.74, 6) is 0.400. The molecule has 0 aromatic carbocycles. The van der Waals surface area contributed by atoms with Crippen LogP contribution in [0.4, 0.5) is 0 Å². The molecule has 1 saturated heterocycles. The predicted octanol–water partition coefficient (Wildman–Crippen LogP) is 2.20. The SMILES string of the molecule is Cc1ocnc1C(=O)N[C@H]1COC2(CCCCC2)C1. The molecule has 104 valence electrons. The second-order valence-electron chi connectivity index (χ2n) is 5.69. The van der Waals surface area contributed by atoms with Crippen LogP contribution < -0.4 is 5.32 Å². The Morgan fingerprint density at radius 3 is 2.89 bits per heavy atom. The van der Waals surface area contributed by atoms with Gasteiger partial charge in [0.15, 0.2) is 12.1 Å². The summed E-state index contributed by atoms with van der Waals surface area (Å²) >= 11 is 0. The molecule has 1 aliphatic heterocycles. The first-order valence-electron chi connectivity index (χ1n) is 7.03. The molecular formula is C14H20N2O3. The van der Waals surface area contributed by atoms with Crippen LogP contribution in [0.5, 0.6) is 0 Å². The smallest absolute Gasteiger partial charge is 0.273 e. The lowest BCUT2D eigenvalue weighted by atomic mass is 9.82. The predicted molar refractivity (Wildman–Crippen MR) is 68.9 cm³/mol. The summed E-state index contributed by atoms with van der Waals surface area (Å²) in [5.41, 5.74) is 0.402. The Morgan fingerprint density at radius 1 is 1.42 bits per heavy atom. The van der Waals surface area contributed by atoms with E-state index in [0.29, 0.717) is 18.1 Å². The lowest BCUT2D eigenvalue weighted by Gasteiger charge is -2.32. The number of carbonyl (C=O) groups excluding carboxylic acids is 1. The van der Waals surface area contributed by atoms with Gasteiger partial charge in [-0.3, -0.25) is 4.79 Å². The van der Waals surface area contributed by atoms with Crippen molar-refractivity contribution in [2.75, 3.05) is 6.61 Å². The molecule has 1 spiro atoms. The number of aryl methyl sites for hydroxylation is 1. The average Bonchev–Trinajstić information content (AvgIpc) is 2.98.